The van der Waals surface area contributed by atoms with Crippen LogP contribution in [0.4, 0.5) is 0 Å². The van der Waals surface area contributed by atoms with Gasteiger partial charge in [-0.1, -0.05) is 30.3 Å². The number of aliphatic hydroxyl groups is 2. The first-order valence-corrected chi connectivity index (χ1v) is 20.5. The molecule has 0 radical (unpaired) electrons. The van der Waals surface area contributed by atoms with Gasteiger partial charge in [0.1, 0.15) is 24.2 Å². The van der Waals surface area contributed by atoms with E-state index in [0.717, 1.165) is 24.0 Å². The maximum atomic E-state index is 13.8. The summed E-state index contributed by atoms with van der Waals surface area (Å²) >= 11 is 0. The molecular formula is C37H47N3O9S2. The SMILES string of the molecule is COc1ccc(S(=O)(=O)N2CCC3(CC2)C[C@@H](NC[C@H](O)COc2cccc(S(=O)(=O)C4(CO)CC4)c2)CO3)cc1-c1ccc(C2(N)CC2)cc1. The number of hydrogen-bond acceptors (Lipinski definition) is 11. The second-order valence-electron chi connectivity index (χ2n) is 14.6. The predicted molar refractivity (Wildman–Crippen MR) is 191 cm³/mol. The largest absolute Gasteiger partial charge is 0.496 e. The van der Waals surface area contributed by atoms with Crippen molar-refractivity contribution in [2.45, 2.75) is 82.8 Å². The van der Waals surface area contributed by atoms with E-state index in [9.17, 15) is 27.0 Å². The molecule has 0 amide bonds. The van der Waals surface area contributed by atoms with Crippen LogP contribution in [0.3, 0.4) is 0 Å². The van der Waals surface area contributed by atoms with Gasteiger partial charge in [-0.25, -0.2) is 16.8 Å². The van der Waals surface area contributed by atoms with Crippen LogP contribution in [0.25, 0.3) is 11.1 Å². The average molecular weight is 742 g/mol. The van der Waals surface area contributed by atoms with Crippen molar-refractivity contribution in [3.63, 3.8) is 0 Å². The molecule has 2 saturated carbocycles. The lowest BCUT2D eigenvalue weighted by atomic mass is 9.88. The van der Waals surface area contributed by atoms with E-state index in [1.54, 1.807) is 37.4 Å². The molecule has 1 spiro atoms. The third kappa shape index (κ3) is 7.17. The Hall–Kier alpha value is -3.08. The maximum absolute atomic E-state index is 13.8. The minimum absolute atomic E-state index is 0.0194. The standard InChI is InChI=1S/C37H47N3O9S2/c1-47-34-10-9-32(20-33(34)26-5-7-27(8-6-26)37(38)13-14-37)51(45,46)40-17-15-35(16-18-40)21-28(23-49-35)39-22-29(42)24-48-30-3-2-4-31(19-30)50(43,44)36(25-41)11-12-36/h2-10,19-20,28-29,39,41-42H,11-18,21-25,38H2,1H3/t28-,29+/m1/s1. The third-order valence-electron chi connectivity index (χ3n) is 11.1. The van der Waals surface area contributed by atoms with E-state index < -0.39 is 42.9 Å². The quantitative estimate of drug-likeness (QED) is 0.191. The highest BCUT2D eigenvalue weighted by Gasteiger charge is 2.54. The number of nitrogens with zero attached hydrogens (tertiary/aromatic N) is 1. The molecule has 3 aromatic carbocycles. The van der Waals surface area contributed by atoms with Crippen molar-refractivity contribution in [1.82, 2.24) is 9.62 Å². The summed E-state index contributed by atoms with van der Waals surface area (Å²) in [4.78, 5) is 0.310. The highest BCUT2D eigenvalue weighted by atomic mass is 32.2. The fraction of sp³-hybridized carbons (Fsp3) is 0.514. The van der Waals surface area contributed by atoms with Gasteiger partial charge in [0.05, 0.1) is 40.5 Å². The van der Waals surface area contributed by atoms with E-state index in [4.69, 9.17) is 19.9 Å². The first-order valence-electron chi connectivity index (χ1n) is 17.5. The summed E-state index contributed by atoms with van der Waals surface area (Å²) < 4.78 is 71.5. The van der Waals surface area contributed by atoms with Crippen LogP contribution in [0, 0.1) is 0 Å². The second-order valence-corrected chi connectivity index (χ2v) is 18.9. The summed E-state index contributed by atoms with van der Waals surface area (Å²) in [6.45, 7) is 0.888. The Labute approximate surface area is 299 Å². The molecular weight excluding hydrogens is 695 g/mol. The molecule has 3 aromatic rings. The minimum Gasteiger partial charge on any atom is -0.496 e. The molecule has 0 aromatic heterocycles. The predicted octanol–water partition coefficient (Wildman–Crippen LogP) is 2.95. The lowest BCUT2D eigenvalue weighted by molar-refractivity contribution is -0.0312. The number of sulfonamides is 1. The number of piperidine rings is 1. The van der Waals surface area contributed by atoms with Gasteiger partial charge in [-0.3, -0.25) is 0 Å². The zero-order valence-corrected chi connectivity index (χ0v) is 30.4. The van der Waals surface area contributed by atoms with Crippen molar-refractivity contribution >= 4 is 19.9 Å². The number of hydrogen-bond donors (Lipinski definition) is 4. The maximum Gasteiger partial charge on any atom is 0.243 e. The van der Waals surface area contributed by atoms with Gasteiger partial charge in [0.25, 0.3) is 0 Å². The van der Waals surface area contributed by atoms with Gasteiger partial charge in [-0.15, -0.1) is 0 Å². The molecule has 4 fully saturated rings. The molecule has 51 heavy (non-hydrogen) atoms. The fourth-order valence-electron chi connectivity index (χ4n) is 7.27. The number of ether oxygens (including phenoxy) is 3. The number of nitrogens with two attached hydrogens (primary N) is 1. The third-order valence-corrected chi connectivity index (χ3v) is 15.5. The van der Waals surface area contributed by atoms with Crippen LogP contribution >= 0.6 is 0 Å². The van der Waals surface area contributed by atoms with E-state index in [0.29, 0.717) is 68.9 Å². The molecule has 0 bridgehead atoms. The molecule has 2 aliphatic heterocycles. The Morgan fingerprint density at radius 3 is 2.33 bits per heavy atom. The van der Waals surface area contributed by atoms with E-state index in [1.807, 2.05) is 24.3 Å². The smallest absolute Gasteiger partial charge is 0.243 e. The van der Waals surface area contributed by atoms with Gasteiger partial charge in [0, 0.05) is 36.8 Å². The van der Waals surface area contributed by atoms with Crippen LogP contribution in [0.5, 0.6) is 11.5 Å². The zero-order valence-electron chi connectivity index (χ0n) is 28.8. The van der Waals surface area contributed by atoms with Gasteiger partial charge < -0.3 is 35.5 Å². The lowest BCUT2D eigenvalue weighted by Crippen LogP contribution is -2.47. The average Bonchev–Trinajstić information content (AvgIpc) is 4.08. The molecule has 2 atom stereocenters. The Morgan fingerprint density at radius 2 is 1.69 bits per heavy atom. The number of rotatable bonds is 14. The number of aliphatic hydroxyl groups excluding tert-OH is 2. The number of nitrogens with one attached hydrogen (secondary N) is 1. The van der Waals surface area contributed by atoms with Crippen LogP contribution < -0.4 is 20.5 Å². The minimum atomic E-state index is -3.77. The van der Waals surface area contributed by atoms with Gasteiger partial charge in [0.2, 0.25) is 10.0 Å². The number of sulfone groups is 1. The molecule has 2 heterocycles. The van der Waals surface area contributed by atoms with Gasteiger partial charge in [-0.2, -0.15) is 4.31 Å². The van der Waals surface area contributed by atoms with Gasteiger partial charge in [0.15, 0.2) is 9.84 Å². The normalized spacial score (nSPS) is 22.8. The van der Waals surface area contributed by atoms with Crippen LogP contribution in [0.2, 0.25) is 0 Å². The van der Waals surface area contributed by atoms with Crippen molar-refractivity contribution < 1.29 is 41.3 Å². The van der Waals surface area contributed by atoms with Crippen molar-refractivity contribution in [2.24, 2.45) is 5.73 Å². The molecule has 276 valence electrons. The molecule has 12 nitrogen and oxygen atoms in total. The summed E-state index contributed by atoms with van der Waals surface area (Å²) in [6, 6.07) is 19.0. The van der Waals surface area contributed by atoms with E-state index in [1.165, 1.54) is 16.4 Å². The Kier molecular flexibility index (Phi) is 9.76. The summed E-state index contributed by atoms with van der Waals surface area (Å²) in [5.41, 5.74) is 8.29. The highest BCUT2D eigenvalue weighted by Crippen LogP contribution is 2.47. The van der Waals surface area contributed by atoms with Crippen LogP contribution in [-0.4, -0.2) is 100 Å². The summed E-state index contributed by atoms with van der Waals surface area (Å²) in [5, 5.41) is 23.6. The van der Waals surface area contributed by atoms with Gasteiger partial charge >= 0.3 is 0 Å². The molecule has 0 unspecified atom stereocenters. The molecule has 5 N–H and O–H groups in total. The highest BCUT2D eigenvalue weighted by molar-refractivity contribution is 7.93. The van der Waals surface area contributed by atoms with Crippen molar-refractivity contribution in [2.75, 3.05) is 46.6 Å². The number of methoxy groups -OCH3 is 1. The first kappa shape index (κ1) is 36.3. The summed E-state index contributed by atoms with van der Waals surface area (Å²) in [7, 11) is -5.88. The first-order chi connectivity index (χ1) is 24.3. The van der Waals surface area contributed by atoms with Crippen LogP contribution in [0.15, 0.2) is 76.5 Å². The van der Waals surface area contributed by atoms with Gasteiger partial charge in [-0.05, 0) is 92.5 Å². The Balaban J connectivity index is 0.906. The lowest BCUT2D eigenvalue weighted by Gasteiger charge is -2.38. The van der Waals surface area contributed by atoms with E-state index >= 15 is 0 Å². The van der Waals surface area contributed by atoms with Crippen LogP contribution in [0.1, 0.15) is 50.5 Å². The summed E-state index contributed by atoms with van der Waals surface area (Å²) in [6.07, 6.45) is 3.73. The zero-order chi connectivity index (χ0) is 36.1. The number of benzene rings is 3. The molecule has 2 saturated heterocycles. The topological polar surface area (TPSA) is 178 Å². The van der Waals surface area contributed by atoms with Crippen molar-refractivity contribution in [3.05, 3.63) is 72.3 Å². The molecule has 14 heteroatoms. The fourth-order valence-corrected chi connectivity index (χ4v) is 10.6. The summed E-state index contributed by atoms with van der Waals surface area (Å²) in [5.74, 6) is 0.917. The van der Waals surface area contributed by atoms with E-state index in [-0.39, 0.29) is 34.5 Å². The Bertz CT molecular complexity index is 1950. The van der Waals surface area contributed by atoms with E-state index in [2.05, 4.69) is 5.32 Å². The van der Waals surface area contributed by atoms with Crippen molar-refractivity contribution in [1.29, 1.82) is 0 Å². The second kappa shape index (κ2) is 13.7. The monoisotopic (exact) mass is 741 g/mol. The van der Waals surface area contributed by atoms with Crippen molar-refractivity contribution in [3.8, 4) is 22.6 Å². The molecule has 4 aliphatic rings. The van der Waals surface area contributed by atoms with Crippen LogP contribution in [-0.2, 0) is 30.1 Å². The molecule has 7 rings (SSSR count). The molecule has 2 aliphatic carbocycles. The Morgan fingerprint density at radius 1 is 0.961 bits per heavy atom.